The summed E-state index contributed by atoms with van der Waals surface area (Å²) in [4.78, 5) is 8.62. The number of hydrogen-bond donors (Lipinski definition) is 1. The number of hydrogen-bond acceptors (Lipinski definition) is 4. The molecule has 1 aromatic carbocycles. The van der Waals surface area contributed by atoms with Crippen molar-refractivity contribution >= 4 is 47.3 Å². The number of benzene rings is 1. The zero-order valence-electron chi connectivity index (χ0n) is 9.98. The third kappa shape index (κ3) is 3.77. The smallest absolute Gasteiger partial charge is 0.189 e. The molecule has 0 spiro atoms. The fourth-order valence-corrected chi connectivity index (χ4v) is 1.79. The number of halogens is 2. The number of aryl methyl sites for hydroxylation is 1. The Balaban J connectivity index is 0.00000162. The van der Waals surface area contributed by atoms with E-state index in [1.165, 1.54) is 11.8 Å². The van der Waals surface area contributed by atoms with Crippen LogP contribution in [-0.4, -0.2) is 16.2 Å². The Kier molecular flexibility index (Phi) is 5.72. The fourth-order valence-electron chi connectivity index (χ4n) is 1.32. The van der Waals surface area contributed by atoms with Crippen LogP contribution in [0.2, 0.25) is 5.02 Å². The molecule has 0 radical (unpaired) electrons. The first-order chi connectivity index (χ1) is 8.19. The summed E-state index contributed by atoms with van der Waals surface area (Å²) >= 11 is 7.36. The molecule has 0 fully saturated rings. The molecule has 0 unspecified atom stereocenters. The van der Waals surface area contributed by atoms with E-state index in [2.05, 4.69) is 15.3 Å². The van der Waals surface area contributed by atoms with Crippen LogP contribution in [-0.2, 0) is 0 Å². The van der Waals surface area contributed by atoms with Crippen LogP contribution in [0.15, 0.2) is 35.6 Å². The topological polar surface area (TPSA) is 37.8 Å². The molecule has 1 aromatic heterocycles. The van der Waals surface area contributed by atoms with E-state index >= 15 is 0 Å². The minimum absolute atomic E-state index is 0. The van der Waals surface area contributed by atoms with Crippen LogP contribution in [0.1, 0.15) is 5.56 Å². The van der Waals surface area contributed by atoms with E-state index in [1.807, 2.05) is 43.6 Å². The summed E-state index contributed by atoms with van der Waals surface area (Å²) in [5.74, 6) is 0.826. The summed E-state index contributed by atoms with van der Waals surface area (Å²) in [6.07, 6.45) is 3.77. The largest absolute Gasteiger partial charge is 0.340 e. The minimum atomic E-state index is 0. The maximum Gasteiger partial charge on any atom is 0.189 e. The SMILES string of the molecule is CSc1ncc(C)c(Nc2ccc(Cl)cc2)n1.Cl. The minimum Gasteiger partial charge on any atom is -0.340 e. The third-order valence-electron chi connectivity index (χ3n) is 2.24. The highest BCUT2D eigenvalue weighted by atomic mass is 35.5. The Morgan fingerprint density at radius 3 is 2.50 bits per heavy atom. The molecule has 1 N–H and O–H groups in total. The van der Waals surface area contributed by atoms with Crippen LogP contribution in [0.4, 0.5) is 11.5 Å². The first kappa shape index (κ1) is 15.1. The van der Waals surface area contributed by atoms with Gasteiger partial charge in [-0.2, -0.15) is 0 Å². The molecule has 0 aliphatic heterocycles. The van der Waals surface area contributed by atoms with Gasteiger partial charge in [0, 0.05) is 22.5 Å². The molecule has 0 aliphatic rings. The number of nitrogens with one attached hydrogen (secondary N) is 1. The van der Waals surface area contributed by atoms with Crippen molar-refractivity contribution < 1.29 is 0 Å². The second-order valence-electron chi connectivity index (χ2n) is 3.52. The molecule has 6 heteroatoms. The van der Waals surface area contributed by atoms with Crippen molar-refractivity contribution in [3.8, 4) is 0 Å². The van der Waals surface area contributed by atoms with Crippen molar-refractivity contribution in [1.29, 1.82) is 0 Å². The summed E-state index contributed by atoms with van der Waals surface area (Å²) in [5.41, 5.74) is 1.97. The number of nitrogens with zero attached hydrogens (tertiary/aromatic N) is 2. The van der Waals surface area contributed by atoms with Crippen molar-refractivity contribution in [3.05, 3.63) is 41.0 Å². The maximum absolute atomic E-state index is 5.84. The van der Waals surface area contributed by atoms with Gasteiger partial charge in [0.1, 0.15) is 5.82 Å². The number of anilines is 2. The number of thioether (sulfide) groups is 1. The van der Waals surface area contributed by atoms with Gasteiger partial charge in [0.25, 0.3) is 0 Å². The molecule has 18 heavy (non-hydrogen) atoms. The van der Waals surface area contributed by atoms with E-state index in [0.29, 0.717) is 0 Å². The maximum atomic E-state index is 5.84. The lowest BCUT2D eigenvalue weighted by molar-refractivity contribution is 0.959. The van der Waals surface area contributed by atoms with E-state index in [1.54, 1.807) is 0 Å². The van der Waals surface area contributed by atoms with Crippen LogP contribution in [0, 0.1) is 6.92 Å². The second kappa shape index (κ2) is 6.83. The molecular weight excluding hydrogens is 289 g/mol. The first-order valence-electron chi connectivity index (χ1n) is 5.09. The predicted molar refractivity (Wildman–Crippen MR) is 80.5 cm³/mol. The number of aromatic nitrogens is 2. The van der Waals surface area contributed by atoms with Crippen LogP contribution in [0.25, 0.3) is 0 Å². The van der Waals surface area contributed by atoms with E-state index < -0.39 is 0 Å². The Labute approximate surface area is 122 Å². The zero-order chi connectivity index (χ0) is 12.3. The molecule has 0 bridgehead atoms. The predicted octanol–water partition coefficient (Wildman–Crippen LogP) is 4.33. The first-order valence-corrected chi connectivity index (χ1v) is 6.69. The third-order valence-corrected chi connectivity index (χ3v) is 3.05. The molecule has 3 nitrogen and oxygen atoms in total. The van der Waals surface area contributed by atoms with Crippen molar-refractivity contribution in [2.75, 3.05) is 11.6 Å². The van der Waals surface area contributed by atoms with Crippen molar-refractivity contribution in [3.63, 3.8) is 0 Å². The van der Waals surface area contributed by atoms with Gasteiger partial charge in [-0.25, -0.2) is 9.97 Å². The van der Waals surface area contributed by atoms with Crippen LogP contribution in [0.3, 0.4) is 0 Å². The van der Waals surface area contributed by atoms with Gasteiger partial charge >= 0.3 is 0 Å². The van der Waals surface area contributed by atoms with E-state index in [0.717, 1.165) is 27.2 Å². The summed E-state index contributed by atoms with van der Waals surface area (Å²) in [5, 5.41) is 4.73. The van der Waals surface area contributed by atoms with Gasteiger partial charge in [-0.1, -0.05) is 23.4 Å². The lowest BCUT2D eigenvalue weighted by Gasteiger charge is -2.09. The van der Waals surface area contributed by atoms with Gasteiger partial charge in [0.05, 0.1) is 0 Å². The molecule has 0 saturated heterocycles. The van der Waals surface area contributed by atoms with Gasteiger partial charge in [-0.3, -0.25) is 0 Å². The highest BCUT2D eigenvalue weighted by Gasteiger charge is 2.03. The molecule has 1 heterocycles. The molecule has 0 atom stereocenters. The van der Waals surface area contributed by atoms with Crippen molar-refractivity contribution in [2.45, 2.75) is 12.1 Å². The Bertz CT molecular complexity index is 517. The molecular formula is C12H13Cl2N3S. The highest BCUT2D eigenvalue weighted by Crippen LogP contribution is 2.21. The van der Waals surface area contributed by atoms with E-state index in [4.69, 9.17) is 11.6 Å². The fraction of sp³-hybridized carbons (Fsp3) is 0.167. The lowest BCUT2D eigenvalue weighted by atomic mass is 10.3. The van der Waals surface area contributed by atoms with Crippen molar-refractivity contribution in [2.24, 2.45) is 0 Å². The monoisotopic (exact) mass is 301 g/mol. The Hall–Kier alpha value is -0.970. The standard InChI is InChI=1S/C12H12ClN3S.ClH/c1-8-7-14-12(17-2)16-11(8)15-10-5-3-9(13)4-6-10;/h3-7H,1-2H3,(H,14,15,16);1H. The average Bonchev–Trinajstić information content (AvgIpc) is 2.35. The summed E-state index contributed by atoms with van der Waals surface area (Å²) in [7, 11) is 0. The van der Waals surface area contributed by atoms with Crippen LogP contribution in [0.5, 0.6) is 0 Å². The molecule has 2 aromatic rings. The van der Waals surface area contributed by atoms with E-state index in [9.17, 15) is 0 Å². The van der Waals surface area contributed by atoms with Gasteiger partial charge in [-0.05, 0) is 37.4 Å². The van der Waals surface area contributed by atoms with E-state index in [-0.39, 0.29) is 12.4 Å². The molecule has 0 amide bonds. The van der Waals surface area contributed by atoms with Gasteiger partial charge in [0.2, 0.25) is 0 Å². The van der Waals surface area contributed by atoms with Crippen molar-refractivity contribution in [1.82, 2.24) is 9.97 Å². The molecule has 96 valence electrons. The second-order valence-corrected chi connectivity index (χ2v) is 4.73. The van der Waals surface area contributed by atoms with Gasteiger partial charge in [0.15, 0.2) is 5.16 Å². The lowest BCUT2D eigenvalue weighted by Crippen LogP contribution is -1.98. The Morgan fingerprint density at radius 2 is 1.89 bits per heavy atom. The van der Waals surface area contributed by atoms with Gasteiger partial charge < -0.3 is 5.32 Å². The molecule has 2 rings (SSSR count). The van der Waals surface area contributed by atoms with Gasteiger partial charge in [-0.15, -0.1) is 12.4 Å². The number of rotatable bonds is 3. The highest BCUT2D eigenvalue weighted by molar-refractivity contribution is 7.98. The normalized spacial score (nSPS) is 9.72. The zero-order valence-corrected chi connectivity index (χ0v) is 12.4. The Morgan fingerprint density at radius 1 is 1.22 bits per heavy atom. The summed E-state index contributed by atoms with van der Waals surface area (Å²) < 4.78 is 0. The molecule has 0 saturated carbocycles. The average molecular weight is 302 g/mol. The van der Waals surface area contributed by atoms with Crippen LogP contribution < -0.4 is 5.32 Å². The summed E-state index contributed by atoms with van der Waals surface area (Å²) in [6, 6.07) is 7.52. The summed E-state index contributed by atoms with van der Waals surface area (Å²) in [6.45, 7) is 1.97. The molecule has 0 aliphatic carbocycles. The van der Waals surface area contributed by atoms with Crippen LogP contribution >= 0.6 is 35.8 Å². The quantitative estimate of drug-likeness (QED) is 0.676.